The van der Waals surface area contributed by atoms with E-state index in [9.17, 15) is 9.59 Å². The van der Waals surface area contributed by atoms with Gasteiger partial charge in [0.1, 0.15) is 6.10 Å². The van der Waals surface area contributed by atoms with Gasteiger partial charge in [-0.05, 0) is 25.0 Å². The first-order chi connectivity index (χ1) is 9.21. The van der Waals surface area contributed by atoms with Crippen LogP contribution in [0.25, 0.3) is 0 Å². The van der Waals surface area contributed by atoms with Crippen molar-refractivity contribution >= 4 is 18.1 Å². The molecule has 0 spiro atoms. The Bertz CT molecular complexity index is 486. The van der Waals surface area contributed by atoms with E-state index in [0.29, 0.717) is 17.7 Å². The Labute approximate surface area is 112 Å². The summed E-state index contributed by atoms with van der Waals surface area (Å²) in [4.78, 5) is 27.5. The van der Waals surface area contributed by atoms with Crippen LogP contribution in [0.2, 0.25) is 0 Å². The Morgan fingerprint density at radius 2 is 2.26 bits per heavy atom. The third-order valence-electron chi connectivity index (χ3n) is 3.22. The predicted octanol–water partition coefficient (Wildman–Crippen LogP) is 2.61. The largest absolute Gasteiger partial charge is 0.454 e. The molecule has 0 N–H and O–H groups in total. The van der Waals surface area contributed by atoms with Crippen LogP contribution in [0.1, 0.15) is 48.2 Å². The molecule has 102 valence electrons. The number of hydrogen-bond acceptors (Lipinski definition) is 4. The van der Waals surface area contributed by atoms with Crippen LogP contribution in [0.4, 0.5) is 5.69 Å². The molecule has 1 aromatic carbocycles. The molecular weight excluding hydrogens is 246 g/mol. The molecule has 1 amide bonds. The maximum Gasteiger partial charge on any atom is 0.339 e. The number of hydroxylamine groups is 1. The van der Waals surface area contributed by atoms with Gasteiger partial charge >= 0.3 is 5.97 Å². The Morgan fingerprint density at radius 1 is 1.47 bits per heavy atom. The van der Waals surface area contributed by atoms with Crippen LogP contribution in [0, 0.1) is 0 Å². The number of esters is 1. The van der Waals surface area contributed by atoms with E-state index in [0.717, 1.165) is 29.9 Å². The Morgan fingerprint density at radius 3 is 2.89 bits per heavy atom. The number of cyclic esters (lactones) is 1. The average molecular weight is 263 g/mol. The summed E-state index contributed by atoms with van der Waals surface area (Å²) in [7, 11) is 1.39. The molecule has 5 nitrogen and oxygen atoms in total. The molecule has 2 rings (SSSR count). The van der Waals surface area contributed by atoms with Crippen molar-refractivity contribution in [3.8, 4) is 0 Å². The highest BCUT2D eigenvalue weighted by Crippen LogP contribution is 2.36. The van der Waals surface area contributed by atoms with Gasteiger partial charge in [0.15, 0.2) is 0 Å². The minimum Gasteiger partial charge on any atom is -0.454 e. The topological polar surface area (TPSA) is 55.8 Å². The molecule has 0 aromatic heterocycles. The lowest BCUT2D eigenvalue weighted by molar-refractivity contribution is -0.112. The fourth-order valence-electron chi connectivity index (χ4n) is 2.21. The van der Waals surface area contributed by atoms with Crippen LogP contribution in [0.3, 0.4) is 0 Å². The second kappa shape index (κ2) is 5.84. The van der Waals surface area contributed by atoms with Crippen LogP contribution in [0.5, 0.6) is 0 Å². The van der Waals surface area contributed by atoms with Gasteiger partial charge < -0.3 is 4.74 Å². The van der Waals surface area contributed by atoms with Gasteiger partial charge in [-0.2, -0.15) is 5.06 Å². The van der Waals surface area contributed by atoms with E-state index in [2.05, 4.69) is 6.92 Å². The number of ether oxygens (including phenoxy) is 1. The number of carbonyl (C=O) groups is 2. The molecule has 0 aliphatic carbocycles. The van der Waals surface area contributed by atoms with Crippen LogP contribution < -0.4 is 5.06 Å². The highest BCUT2D eigenvalue weighted by atomic mass is 16.7. The zero-order chi connectivity index (χ0) is 13.8. The van der Waals surface area contributed by atoms with Gasteiger partial charge in [-0.15, -0.1) is 0 Å². The summed E-state index contributed by atoms with van der Waals surface area (Å²) in [5.74, 6) is -0.333. The lowest BCUT2D eigenvalue weighted by atomic mass is 10.0. The minimum atomic E-state index is -0.333. The molecule has 0 saturated heterocycles. The van der Waals surface area contributed by atoms with E-state index in [1.807, 2.05) is 6.07 Å². The van der Waals surface area contributed by atoms with Gasteiger partial charge in [0.2, 0.25) is 6.41 Å². The molecule has 5 heteroatoms. The third-order valence-corrected chi connectivity index (χ3v) is 3.22. The van der Waals surface area contributed by atoms with Crippen molar-refractivity contribution in [1.82, 2.24) is 0 Å². The number of nitrogens with zero attached hydrogens (tertiary/aromatic N) is 1. The van der Waals surface area contributed by atoms with Crippen molar-refractivity contribution in [2.75, 3.05) is 12.2 Å². The standard InChI is InChI=1S/C14H17NO4/c1-3-4-5-13-11-7-6-10(15(9-16)18-2)8-12(11)14(17)19-13/h6-9,13H,3-5H2,1-2H3. The SMILES string of the molecule is CCCCC1OC(=O)c2cc(N(C=O)OC)ccc21. The van der Waals surface area contributed by atoms with Crippen molar-refractivity contribution in [2.24, 2.45) is 0 Å². The van der Waals surface area contributed by atoms with Crippen molar-refractivity contribution in [3.63, 3.8) is 0 Å². The Hall–Kier alpha value is -1.88. The van der Waals surface area contributed by atoms with E-state index in [1.165, 1.54) is 7.11 Å². The Kier molecular flexibility index (Phi) is 4.16. The monoisotopic (exact) mass is 263 g/mol. The number of anilines is 1. The molecule has 1 aliphatic heterocycles. The lowest BCUT2D eigenvalue weighted by Gasteiger charge is -2.14. The van der Waals surface area contributed by atoms with Gasteiger partial charge in [0, 0.05) is 5.56 Å². The maximum absolute atomic E-state index is 11.8. The number of benzene rings is 1. The first-order valence-corrected chi connectivity index (χ1v) is 6.34. The average Bonchev–Trinajstić information content (AvgIpc) is 2.74. The smallest absolute Gasteiger partial charge is 0.339 e. The lowest BCUT2D eigenvalue weighted by Crippen LogP contribution is -2.19. The van der Waals surface area contributed by atoms with E-state index >= 15 is 0 Å². The van der Waals surface area contributed by atoms with Crippen molar-refractivity contribution in [1.29, 1.82) is 0 Å². The summed E-state index contributed by atoms with van der Waals surface area (Å²) in [6.45, 7) is 2.10. The molecule has 1 unspecified atom stereocenters. The molecule has 1 aromatic rings. The number of hydrogen-bond donors (Lipinski definition) is 0. The highest BCUT2D eigenvalue weighted by molar-refractivity contribution is 5.95. The van der Waals surface area contributed by atoms with Gasteiger partial charge in [0.05, 0.1) is 18.4 Å². The fraction of sp³-hybridized carbons (Fsp3) is 0.429. The molecule has 0 radical (unpaired) electrons. The molecule has 1 atom stereocenters. The first kappa shape index (κ1) is 13.5. The predicted molar refractivity (Wildman–Crippen MR) is 69.7 cm³/mol. The van der Waals surface area contributed by atoms with E-state index in [4.69, 9.17) is 9.57 Å². The third kappa shape index (κ3) is 2.61. The zero-order valence-electron chi connectivity index (χ0n) is 11.1. The molecule has 1 heterocycles. The maximum atomic E-state index is 11.8. The van der Waals surface area contributed by atoms with Gasteiger partial charge in [-0.1, -0.05) is 19.4 Å². The fourth-order valence-corrected chi connectivity index (χ4v) is 2.21. The molecule has 19 heavy (non-hydrogen) atoms. The molecule has 0 saturated carbocycles. The summed E-state index contributed by atoms with van der Waals surface area (Å²) in [5.41, 5.74) is 1.93. The van der Waals surface area contributed by atoms with E-state index in [1.54, 1.807) is 12.1 Å². The van der Waals surface area contributed by atoms with Gasteiger partial charge in [0.25, 0.3) is 0 Å². The molecular formula is C14H17NO4. The zero-order valence-corrected chi connectivity index (χ0v) is 11.1. The quantitative estimate of drug-likeness (QED) is 0.450. The van der Waals surface area contributed by atoms with Crippen molar-refractivity contribution in [2.45, 2.75) is 32.3 Å². The summed E-state index contributed by atoms with van der Waals surface area (Å²) < 4.78 is 5.35. The van der Waals surface area contributed by atoms with Crippen LogP contribution in [-0.4, -0.2) is 19.5 Å². The van der Waals surface area contributed by atoms with E-state index < -0.39 is 0 Å². The van der Waals surface area contributed by atoms with Crippen molar-refractivity contribution in [3.05, 3.63) is 29.3 Å². The summed E-state index contributed by atoms with van der Waals surface area (Å²) in [5, 5.41) is 1.06. The normalized spacial score (nSPS) is 16.9. The first-order valence-electron chi connectivity index (χ1n) is 6.34. The second-order valence-electron chi connectivity index (χ2n) is 4.42. The van der Waals surface area contributed by atoms with Gasteiger partial charge in [-0.25, -0.2) is 4.79 Å². The molecule has 1 aliphatic rings. The highest BCUT2D eigenvalue weighted by Gasteiger charge is 2.31. The number of unbranched alkanes of at least 4 members (excludes halogenated alkanes) is 1. The van der Waals surface area contributed by atoms with Crippen LogP contribution >= 0.6 is 0 Å². The van der Waals surface area contributed by atoms with Gasteiger partial charge in [-0.3, -0.25) is 9.63 Å². The summed E-state index contributed by atoms with van der Waals surface area (Å²) in [6.07, 6.45) is 3.29. The number of rotatable bonds is 6. The number of amides is 1. The molecule has 0 fully saturated rings. The number of carbonyl (C=O) groups excluding carboxylic acids is 2. The summed E-state index contributed by atoms with van der Waals surface area (Å²) in [6, 6.07) is 5.20. The minimum absolute atomic E-state index is 0.163. The number of fused-ring (bicyclic) bond motifs is 1. The second-order valence-corrected chi connectivity index (χ2v) is 4.42. The van der Waals surface area contributed by atoms with Crippen molar-refractivity contribution < 1.29 is 19.2 Å². The summed E-state index contributed by atoms with van der Waals surface area (Å²) >= 11 is 0. The molecule has 0 bridgehead atoms. The van der Waals surface area contributed by atoms with Crippen LogP contribution in [-0.2, 0) is 14.4 Å². The van der Waals surface area contributed by atoms with Crippen LogP contribution in [0.15, 0.2) is 18.2 Å². The van der Waals surface area contributed by atoms with E-state index in [-0.39, 0.29) is 12.1 Å². The Balaban J connectivity index is 2.28.